The number of hydrogen-bond donors (Lipinski definition) is 1. The van der Waals surface area contributed by atoms with Crippen molar-refractivity contribution in [2.24, 2.45) is 0 Å². The molecule has 5 heteroatoms. The van der Waals surface area contributed by atoms with Crippen molar-refractivity contribution in [2.75, 3.05) is 0 Å². The minimum Gasteiger partial charge on any atom is -0.508 e. The van der Waals surface area contributed by atoms with Gasteiger partial charge in [0, 0.05) is 0 Å². The Morgan fingerprint density at radius 3 is 1.03 bits per heavy atom. The van der Waals surface area contributed by atoms with Crippen molar-refractivity contribution < 1.29 is 14.0 Å². The van der Waals surface area contributed by atoms with Crippen molar-refractivity contribution in [3.63, 3.8) is 0 Å². The van der Waals surface area contributed by atoms with Crippen molar-refractivity contribution in [3.05, 3.63) is 29.3 Å². The molecule has 0 aromatic heterocycles. The van der Waals surface area contributed by atoms with Gasteiger partial charge in [0.05, 0.1) is 13.2 Å². The zero-order chi connectivity index (χ0) is 24.1. The molecule has 0 aliphatic heterocycles. The largest absolute Gasteiger partial charge is 0.508 e. The minimum atomic E-state index is -1.94. The normalized spacial score (nSPS) is 13.6. The van der Waals surface area contributed by atoms with E-state index in [-0.39, 0.29) is 0 Å². The van der Waals surface area contributed by atoms with Crippen LogP contribution in [0.2, 0.25) is 33.2 Å². The highest BCUT2D eigenvalue weighted by atomic mass is 28.4. The van der Waals surface area contributed by atoms with Gasteiger partial charge in [-0.05, 0) is 56.5 Å². The second-order valence-corrected chi connectivity index (χ2v) is 22.1. The Morgan fingerprint density at radius 1 is 0.548 bits per heavy atom. The van der Waals surface area contributed by atoms with Crippen LogP contribution in [0.1, 0.15) is 94.2 Å². The van der Waals surface area contributed by atoms with E-state index in [4.69, 9.17) is 8.85 Å². The fraction of sp³-hybridized carbons (Fsp3) is 0.769. The quantitative estimate of drug-likeness (QED) is 0.313. The van der Waals surface area contributed by atoms with Crippen LogP contribution in [0.25, 0.3) is 0 Å². The van der Waals surface area contributed by atoms with Gasteiger partial charge in [-0.2, -0.15) is 0 Å². The van der Waals surface area contributed by atoms with Crippen molar-refractivity contribution in [3.8, 4) is 5.75 Å². The molecule has 1 rings (SSSR count). The smallest absolute Gasteiger partial charge is 0.200 e. The lowest BCUT2D eigenvalue weighted by molar-refractivity contribution is 0.259. The van der Waals surface area contributed by atoms with Crippen LogP contribution >= 0.6 is 0 Å². The van der Waals surface area contributed by atoms with Crippen molar-refractivity contribution in [1.82, 2.24) is 0 Å². The van der Waals surface area contributed by atoms with E-state index in [1.807, 2.05) is 12.1 Å². The van der Waals surface area contributed by atoms with Crippen LogP contribution in [-0.4, -0.2) is 21.7 Å². The first-order chi connectivity index (χ1) is 14.2. The molecule has 0 saturated carbocycles. The molecule has 180 valence electrons. The van der Waals surface area contributed by atoms with Gasteiger partial charge in [-0.15, -0.1) is 0 Å². The fourth-order valence-electron chi connectivity index (χ4n) is 6.33. The average Bonchev–Trinajstić information content (AvgIpc) is 2.60. The highest BCUT2D eigenvalue weighted by molar-refractivity contribution is 6.78. The Morgan fingerprint density at radius 2 is 0.806 bits per heavy atom. The Labute approximate surface area is 195 Å². The summed E-state index contributed by atoms with van der Waals surface area (Å²) in [6, 6.07) is 5.86. The first-order valence-corrected chi connectivity index (χ1v) is 16.6. The second kappa shape index (κ2) is 11.5. The van der Waals surface area contributed by atoms with E-state index in [0.29, 0.717) is 52.2 Å². The molecule has 0 atom stereocenters. The van der Waals surface area contributed by atoms with Crippen LogP contribution in [0, 0.1) is 0 Å². The first-order valence-electron chi connectivity index (χ1n) is 12.3. The molecule has 0 saturated heterocycles. The van der Waals surface area contributed by atoms with Crippen molar-refractivity contribution in [1.29, 1.82) is 0 Å². The minimum absolute atomic E-state index is 0.302. The van der Waals surface area contributed by atoms with E-state index in [1.54, 1.807) is 0 Å². The van der Waals surface area contributed by atoms with Gasteiger partial charge in [0.25, 0.3) is 0 Å². The lowest BCUT2D eigenvalue weighted by Gasteiger charge is -2.42. The summed E-state index contributed by atoms with van der Waals surface area (Å²) >= 11 is 0. The summed E-state index contributed by atoms with van der Waals surface area (Å²) in [7, 11) is -3.89. The summed E-state index contributed by atoms with van der Waals surface area (Å²) in [4.78, 5) is 0. The third-order valence-corrected chi connectivity index (χ3v) is 19.5. The molecule has 0 aliphatic rings. The molecule has 0 heterocycles. The van der Waals surface area contributed by atoms with Crippen LogP contribution in [0.5, 0.6) is 5.75 Å². The molecular weight excluding hydrogens is 416 g/mol. The van der Waals surface area contributed by atoms with Gasteiger partial charge >= 0.3 is 0 Å². The van der Waals surface area contributed by atoms with Gasteiger partial charge in [0.15, 0.2) is 0 Å². The molecule has 0 fully saturated rings. The van der Waals surface area contributed by atoms with Gasteiger partial charge in [0.1, 0.15) is 5.75 Å². The van der Waals surface area contributed by atoms with E-state index in [0.717, 1.165) is 11.1 Å². The molecule has 0 radical (unpaired) electrons. The molecule has 3 nitrogen and oxygen atoms in total. The van der Waals surface area contributed by atoms with Gasteiger partial charge < -0.3 is 14.0 Å². The van der Waals surface area contributed by atoms with Crippen LogP contribution in [-0.2, 0) is 22.1 Å². The molecule has 0 bridgehead atoms. The maximum atomic E-state index is 10.4. The second-order valence-electron chi connectivity index (χ2n) is 11.2. The topological polar surface area (TPSA) is 38.7 Å². The maximum Gasteiger partial charge on any atom is 0.200 e. The molecule has 0 aliphatic carbocycles. The van der Waals surface area contributed by atoms with Crippen LogP contribution < -0.4 is 0 Å². The first kappa shape index (κ1) is 28.4. The number of hydrogen-bond acceptors (Lipinski definition) is 3. The van der Waals surface area contributed by atoms with E-state index >= 15 is 0 Å². The molecular formula is C26H50O3Si2. The number of benzene rings is 1. The Balaban J connectivity index is 3.12. The number of rotatable bonds is 12. The van der Waals surface area contributed by atoms with Gasteiger partial charge in [-0.1, -0.05) is 89.2 Å². The summed E-state index contributed by atoms with van der Waals surface area (Å²) in [6.45, 7) is 28.8. The number of phenolic OH excluding ortho intramolecular Hbond substituents is 1. The summed E-state index contributed by atoms with van der Waals surface area (Å²) in [6.07, 6.45) is 0. The molecule has 1 aromatic rings. The highest BCUT2D eigenvalue weighted by Gasteiger charge is 2.46. The number of aromatic hydroxyl groups is 1. The monoisotopic (exact) mass is 466 g/mol. The maximum absolute atomic E-state index is 10.4. The molecule has 0 unspecified atom stereocenters. The summed E-state index contributed by atoms with van der Waals surface area (Å²) in [5.74, 6) is 0.302. The fourth-order valence-corrected chi connectivity index (χ4v) is 17.2. The predicted octanol–water partition coefficient (Wildman–Crippen LogP) is 8.78. The molecule has 1 aromatic carbocycles. The number of phenols is 1. The molecule has 1 N–H and O–H groups in total. The van der Waals surface area contributed by atoms with Gasteiger partial charge in [-0.25, -0.2) is 0 Å². The zero-order valence-electron chi connectivity index (χ0n) is 22.4. The SMILES string of the molecule is CC(C)[Si](OCc1cc(O)cc(CO[Si](C(C)C)(C(C)C)C(C)C)c1)(C(C)C)C(C)C. The average molecular weight is 467 g/mol. The summed E-state index contributed by atoms with van der Waals surface area (Å²) in [5.41, 5.74) is 5.35. The Kier molecular flexibility index (Phi) is 10.5. The molecule has 31 heavy (non-hydrogen) atoms. The standard InChI is InChI=1S/C26H50O3Si2/c1-18(2)30(19(3)4,20(5)6)28-16-24-13-25(15-26(27)14-24)17-29-31(21(7)8,22(9)10)23(11)12/h13-15,18-23,27H,16-17H2,1-12H3. The third kappa shape index (κ3) is 6.24. The summed E-state index contributed by atoms with van der Waals surface area (Å²) in [5, 5.41) is 10.4. The van der Waals surface area contributed by atoms with Crippen LogP contribution in [0.3, 0.4) is 0 Å². The summed E-state index contributed by atoms with van der Waals surface area (Å²) < 4.78 is 13.5. The van der Waals surface area contributed by atoms with E-state index in [2.05, 4.69) is 89.2 Å². The highest BCUT2D eigenvalue weighted by Crippen LogP contribution is 2.44. The predicted molar refractivity (Wildman–Crippen MR) is 140 cm³/mol. The zero-order valence-corrected chi connectivity index (χ0v) is 24.4. The van der Waals surface area contributed by atoms with Gasteiger partial charge in [0.2, 0.25) is 16.6 Å². The van der Waals surface area contributed by atoms with Crippen molar-refractivity contribution in [2.45, 2.75) is 130 Å². The Bertz CT molecular complexity index is 583. The van der Waals surface area contributed by atoms with Crippen LogP contribution in [0.15, 0.2) is 18.2 Å². The lowest BCUT2D eigenvalue weighted by atomic mass is 10.1. The molecule has 0 amide bonds. The lowest BCUT2D eigenvalue weighted by Crippen LogP contribution is -2.47. The van der Waals surface area contributed by atoms with E-state index in [1.165, 1.54) is 0 Å². The van der Waals surface area contributed by atoms with Crippen LogP contribution in [0.4, 0.5) is 0 Å². The third-order valence-electron chi connectivity index (χ3n) is 7.43. The van der Waals surface area contributed by atoms with E-state index < -0.39 is 16.6 Å². The van der Waals surface area contributed by atoms with Gasteiger partial charge in [-0.3, -0.25) is 0 Å². The van der Waals surface area contributed by atoms with E-state index in [9.17, 15) is 5.11 Å². The molecule has 0 spiro atoms. The van der Waals surface area contributed by atoms with Crippen molar-refractivity contribution >= 4 is 16.6 Å². The Hall–Kier alpha value is -0.626.